The summed E-state index contributed by atoms with van der Waals surface area (Å²) in [7, 11) is 1.41. The first-order valence-electron chi connectivity index (χ1n) is 11.0. The molecule has 3 aromatic carbocycles. The van der Waals surface area contributed by atoms with Gasteiger partial charge >= 0.3 is 5.97 Å². The molecule has 3 aromatic rings. The zero-order valence-corrected chi connectivity index (χ0v) is 18.0. The maximum atomic E-state index is 13.0. The second kappa shape index (κ2) is 8.28. The Bertz CT molecular complexity index is 1170. The molecule has 32 heavy (non-hydrogen) atoms. The van der Waals surface area contributed by atoms with Gasteiger partial charge in [-0.05, 0) is 41.8 Å². The Morgan fingerprint density at radius 3 is 2.41 bits per heavy atom. The first kappa shape index (κ1) is 20.5. The molecule has 0 aromatic heterocycles. The topological polar surface area (TPSA) is 78.9 Å². The normalized spacial score (nSPS) is 20.9. The van der Waals surface area contributed by atoms with E-state index >= 15 is 0 Å². The number of carbonyl (C=O) groups is 2. The maximum Gasteiger partial charge on any atom is 0.323 e. The minimum absolute atomic E-state index is 0.0220. The number of nitrogens with one attached hydrogen (secondary N) is 1. The number of ether oxygens (including phenoxy) is 1. The van der Waals surface area contributed by atoms with Crippen molar-refractivity contribution in [1.82, 2.24) is 10.2 Å². The van der Waals surface area contributed by atoms with Gasteiger partial charge in [0.15, 0.2) is 0 Å². The summed E-state index contributed by atoms with van der Waals surface area (Å²) in [5.41, 5.74) is 2.87. The van der Waals surface area contributed by atoms with Crippen LogP contribution in [-0.4, -0.2) is 53.7 Å². The Hall–Kier alpha value is -3.38. The number of esters is 1. The fraction of sp³-hybridized carbons (Fsp3) is 0.308. The molecular formula is C26H26N2O4. The van der Waals surface area contributed by atoms with Crippen LogP contribution in [0.1, 0.15) is 27.9 Å². The van der Waals surface area contributed by atoms with Crippen LogP contribution in [0.3, 0.4) is 0 Å². The van der Waals surface area contributed by atoms with Gasteiger partial charge in [-0.25, -0.2) is 0 Å². The first-order valence-corrected chi connectivity index (χ1v) is 11.0. The number of phenolic OH excluding ortho intramolecular Hbond substituents is 1. The number of hydrogen-bond donors (Lipinski definition) is 2. The van der Waals surface area contributed by atoms with Crippen LogP contribution >= 0.6 is 0 Å². The Balaban J connectivity index is 1.34. The van der Waals surface area contributed by atoms with Crippen molar-refractivity contribution in [2.24, 2.45) is 0 Å². The Morgan fingerprint density at radius 1 is 1.00 bits per heavy atom. The van der Waals surface area contributed by atoms with Crippen LogP contribution in [0.15, 0.2) is 60.7 Å². The van der Waals surface area contributed by atoms with Crippen LogP contribution in [-0.2, 0) is 22.4 Å². The summed E-state index contributed by atoms with van der Waals surface area (Å²) in [6, 6.07) is 18.9. The van der Waals surface area contributed by atoms with Gasteiger partial charge in [-0.3, -0.25) is 14.5 Å². The highest BCUT2D eigenvalue weighted by Crippen LogP contribution is 2.32. The number of amides is 1. The Morgan fingerprint density at radius 2 is 1.69 bits per heavy atom. The van der Waals surface area contributed by atoms with Crippen LogP contribution in [0.2, 0.25) is 0 Å². The number of hydrogen-bond acceptors (Lipinski definition) is 5. The minimum atomic E-state index is -0.394. The maximum absolute atomic E-state index is 13.0. The quantitative estimate of drug-likeness (QED) is 0.622. The summed E-state index contributed by atoms with van der Waals surface area (Å²) in [4.78, 5) is 27.7. The van der Waals surface area contributed by atoms with Gasteiger partial charge in [0, 0.05) is 24.0 Å². The van der Waals surface area contributed by atoms with E-state index < -0.39 is 6.04 Å². The number of methoxy groups -OCH3 is 1. The smallest absolute Gasteiger partial charge is 0.323 e. The number of rotatable bonds is 4. The largest absolute Gasteiger partial charge is 0.506 e. The van der Waals surface area contributed by atoms with Gasteiger partial charge in [0.25, 0.3) is 5.91 Å². The molecule has 1 fully saturated rings. The lowest BCUT2D eigenvalue weighted by molar-refractivity contribution is -0.146. The summed E-state index contributed by atoms with van der Waals surface area (Å²) in [5.74, 6) is -0.629. The van der Waals surface area contributed by atoms with Crippen LogP contribution in [0.25, 0.3) is 10.8 Å². The molecule has 0 bridgehead atoms. The van der Waals surface area contributed by atoms with Gasteiger partial charge in [-0.2, -0.15) is 0 Å². The SMILES string of the molecule is COC(=O)[C@@H]1C[C@H](NC(=O)c2ccc3ccccc3c2O)CN1C1Cc2ccccc2C1. The Kier molecular flexibility index (Phi) is 5.31. The highest BCUT2D eigenvalue weighted by atomic mass is 16.5. The summed E-state index contributed by atoms with van der Waals surface area (Å²) < 4.78 is 5.07. The summed E-state index contributed by atoms with van der Waals surface area (Å²) >= 11 is 0. The second-order valence-corrected chi connectivity index (χ2v) is 8.66. The number of benzene rings is 3. The van der Waals surface area contributed by atoms with E-state index in [9.17, 15) is 14.7 Å². The van der Waals surface area contributed by atoms with Crippen molar-refractivity contribution in [3.63, 3.8) is 0 Å². The first-order chi connectivity index (χ1) is 15.5. The van der Waals surface area contributed by atoms with E-state index in [4.69, 9.17) is 4.74 Å². The second-order valence-electron chi connectivity index (χ2n) is 8.66. The van der Waals surface area contributed by atoms with E-state index in [0.29, 0.717) is 18.4 Å². The highest BCUT2D eigenvalue weighted by Gasteiger charge is 2.43. The molecule has 1 heterocycles. The average molecular weight is 431 g/mol. The zero-order valence-electron chi connectivity index (χ0n) is 18.0. The van der Waals surface area contributed by atoms with Crippen LogP contribution < -0.4 is 5.32 Å². The van der Waals surface area contributed by atoms with E-state index in [2.05, 4.69) is 22.3 Å². The number of carbonyl (C=O) groups excluding carboxylic acids is 2. The van der Waals surface area contributed by atoms with Gasteiger partial charge in [-0.1, -0.05) is 54.6 Å². The average Bonchev–Trinajstić information content (AvgIpc) is 3.43. The lowest BCUT2D eigenvalue weighted by Gasteiger charge is -2.28. The van der Waals surface area contributed by atoms with Crippen molar-refractivity contribution in [2.75, 3.05) is 13.7 Å². The number of aromatic hydroxyl groups is 1. The third kappa shape index (κ3) is 3.60. The molecule has 6 nitrogen and oxygen atoms in total. The van der Waals surface area contributed by atoms with Crippen LogP contribution in [0, 0.1) is 0 Å². The molecule has 0 saturated carbocycles. The predicted octanol–water partition coefficient (Wildman–Crippen LogP) is 3.06. The van der Waals surface area contributed by atoms with Gasteiger partial charge in [-0.15, -0.1) is 0 Å². The van der Waals surface area contributed by atoms with Crippen molar-refractivity contribution >= 4 is 22.6 Å². The molecule has 6 heteroatoms. The fourth-order valence-electron chi connectivity index (χ4n) is 5.21. The summed E-state index contributed by atoms with van der Waals surface area (Å²) in [6.07, 6.45) is 2.26. The molecule has 164 valence electrons. The minimum Gasteiger partial charge on any atom is -0.506 e. The molecule has 2 atom stereocenters. The number of fused-ring (bicyclic) bond motifs is 2. The van der Waals surface area contributed by atoms with E-state index in [0.717, 1.165) is 18.2 Å². The highest BCUT2D eigenvalue weighted by molar-refractivity contribution is 6.03. The number of likely N-dealkylation sites (tertiary alicyclic amines) is 1. The molecule has 1 amide bonds. The van der Waals surface area contributed by atoms with Gasteiger partial charge in [0.05, 0.1) is 12.7 Å². The monoisotopic (exact) mass is 430 g/mol. The Labute approximate surface area is 186 Å². The molecule has 2 N–H and O–H groups in total. The molecular weight excluding hydrogens is 404 g/mol. The molecule has 2 aliphatic rings. The molecule has 1 saturated heterocycles. The van der Waals surface area contributed by atoms with Crippen molar-refractivity contribution in [2.45, 2.75) is 37.4 Å². The van der Waals surface area contributed by atoms with E-state index in [-0.39, 0.29) is 35.3 Å². The van der Waals surface area contributed by atoms with Gasteiger partial charge in [0.2, 0.25) is 0 Å². The zero-order chi connectivity index (χ0) is 22.2. The number of nitrogens with zero attached hydrogens (tertiary/aromatic N) is 1. The summed E-state index contributed by atoms with van der Waals surface area (Å²) in [6.45, 7) is 0.568. The molecule has 1 aliphatic heterocycles. The lowest BCUT2D eigenvalue weighted by Crippen LogP contribution is -2.45. The van der Waals surface area contributed by atoms with E-state index in [1.165, 1.54) is 18.2 Å². The van der Waals surface area contributed by atoms with Crippen molar-refractivity contribution in [3.8, 4) is 5.75 Å². The van der Waals surface area contributed by atoms with Crippen molar-refractivity contribution in [1.29, 1.82) is 0 Å². The molecule has 1 aliphatic carbocycles. The standard InChI is InChI=1S/C26H26N2O4/c1-32-26(31)23-14-19(15-28(23)20-12-17-7-2-3-8-18(17)13-20)27-25(30)22-11-10-16-6-4-5-9-21(16)24(22)29/h2-11,19-20,23,29H,12-15H2,1H3,(H,27,30)/t19-,23-/m0/s1. The molecule has 0 radical (unpaired) electrons. The van der Waals surface area contributed by atoms with E-state index in [1.54, 1.807) is 12.1 Å². The van der Waals surface area contributed by atoms with Crippen LogP contribution in [0.4, 0.5) is 0 Å². The fourth-order valence-corrected chi connectivity index (χ4v) is 5.21. The lowest BCUT2D eigenvalue weighted by atomic mass is 10.0. The van der Waals surface area contributed by atoms with E-state index in [1.807, 2.05) is 36.4 Å². The molecule has 5 rings (SSSR count). The molecule has 0 unspecified atom stereocenters. The van der Waals surface area contributed by atoms with Gasteiger partial charge in [0.1, 0.15) is 11.8 Å². The van der Waals surface area contributed by atoms with Crippen LogP contribution in [0.5, 0.6) is 5.75 Å². The third-order valence-electron chi connectivity index (χ3n) is 6.79. The van der Waals surface area contributed by atoms with Gasteiger partial charge < -0.3 is 15.2 Å². The van der Waals surface area contributed by atoms with Crippen molar-refractivity contribution in [3.05, 3.63) is 77.4 Å². The van der Waals surface area contributed by atoms with Crippen molar-refractivity contribution < 1.29 is 19.4 Å². The molecule has 0 spiro atoms. The third-order valence-corrected chi connectivity index (χ3v) is 6.79. The summed E-state index contributed by atoms with van der Waals surface area (Å²) in [5, 5.41) is 15.2. The number of phenols is 1. The predicted molar refractivity (Wildman–Crippen MR) is 122 cm³/mol.